The molecule has 0 radical (unpaired) electrons. The van der Waals surface area contributed by atoms with Gasteiger partial charge in [-0.1, -0.05) is 18.2 Å². The summed E-state index contributed by atoms with van der Waals surface area (Å²) in [5.41, 5.74) is 3.18. The molecule has 0 spiro atoms. The molecule has 3 aromatic rings. The SMILES string of the molecule is COc1cccc(NC(=O)Nc2ccc(N3CCCC3)c(C(=O)NCc3ccc(F)cc3)c2)c1. The van der Waals surface area contributed by atoms with Gasteiger partial charge < -0.3 is 25.6 Å². The molecule has 1 aliphatic heterocycles. The smallest absolute Gasteiger partial charge is 0.323 e. The molecule has 1 heterocycles. The van der Waals surface area contributed by atoms with Crippen LogP contribution in [-0.2, 0) is 6.54 Å². The molecule has 0 saturated carbocycles. The Labute approximate surface area is 197 Å². The van der Waals surface area contributed by atoms with E-state index in [-0.39, 0.29) is 18.3 Å². The largest absolute Gasteiger partial charge is 0.497 e. The normalized spacial score (nSPS) is 12.8. The van der Waals surface area contributed by atoms with Crippen molar-refractivity contribution in [2.45, 2.75) is 19.4 Å². The van der Waals surface area contributed by atoms with E-state index < -0.39 is 6.03 Å². The van der Waals surface area contributed by atoms with Gasteiger partial charge in [-0.3, -0.25) is 4.79 Å². The van der Waals surface area contributed by atoms with Crippen molar-refractivity contribution in [2.75, 3.05) is 35.7 Å². The fourth-order valence-electron chi connectivity index (χ4n) is 3.90. The minimum absolute atomic E-state index is 0.261. The fourth-order valence-corrected chi connectivity index (χ4v) is 3.90. The zero-order chi connectivity index (χ0) is 23.9. The lowest BCUT2D eigenvalue weighted by atomic mass is 10.1. The van der Waals surface area contributed by atoms with E-state index in [1.165, 1.54) is 12.1 Å². The van der Waals surface area contributed by atoms with E-state index in [9.17, 15) is 14.0 Å². The summed E-state index contributed by atoms with van der Waals surface area (Å²) in [5, 5.41) is 8.45. The van der Waals surface area contributed by atoms with Gasteiger partial charge in [-0.15, -0.1) is 0 Å². The van der Waals surface area contributed by atoms with Crippen molar-refractivity contribution in [2.24, 2.45) is 0 Å². The van der Waals surface area contributed by atoms with Gasteiger partial charge in [0.1, 0.15) is 11.6 Å². The maximum Gasteiger partial charge on any atom is 0.323 e. The number of anilines is 3. The minimum atomic E-state index is -0.431. The second-order valence-corrected chi connectivity index (χ2v) is 8.05. The molecule has 1 saturated heterocycles. The van der Waals surface area contributed by atoms with Gasteiger partial charge >= 0.3 is 6.03 Å². The first-order chi connectivity index (χ1) is 16.5. The maximum absolute atomic E-state index is 13.2. The molecule has 34 heavy (non-hydrogen) atoms. The summed E-state index contributed by atoms with van der Waals surface area (Å²) in [7, 11) is 1.56. The second-order valence-electron chi connectivity index (χ2n) is 8.05. The number of rotatable bonds is 7. The Bertz CT molecular complexity index is 1160. The summed E-state index contributed by atoms with van der Waals surface area (Å²) in [6.07, 6.45) is 2.14. The van der Waals surface area contributed by atoms with Gasteiger partial charge in [0.2, 0.25) is 0 Å². The molecular formula is C26H27FN4O3. The Morgan fingerprint density at radius 2 is 1.65 bits per heavy atom. The first kappa shape index (κ1) is 23.1. The van der Waals surface area contributed by atoms with Crippen molar-refractivity contribution in [3.05, 3.63) is 83.7 Å². The van der Waals surface area contributed by atoms with Gasteiger partial charge in [0.05, 0.1) is 12.7 Å². The number of hydrogen-bond donors (Lipinski definition) is 3. The van der Waals surface area contributed by atoms with Gasteiger partial charge in [0.25, 0.3) is 5.91 Å². The lowest BCUT2D eigenvalue weighted by Gasteiger charge is -2.22. The van der Waals surface area contributed by atoms with E-state index in [1.807, 2.05) is 6.07 Å². The van der Waals surface area contributed by atoms with Crippen molar-refractivity contribution in [1.29, 1.82) is 0 Å². The number of carbonyl (C=O) groups is 2. The molecule has 3 aromatic carbocycles. The molecule has 7 nitrogen and oxygen atoms in total. The van der Waals surface area contributed by atoms with Crippen molar-refractivity contribution in [1.82, 2.24) is 5.32 Å². The standard InChI is InChI=1S/C26H27FN4O3/c1-34-22-6-4-5-20(15-22)29-26(33)30-21-11-12-24(31-13-2-3-14-31)23(16-21)25(32)28-17-18-7-9-19(27)10-8-18/h4-12,15-16H,2-3,13-14,17H2,1H3,(H,28,32)(H2,29,30,33). The van der Waals surface area contributed by atoms with E-state index in [4.69, 9.17) is 4.74 Å². The van der Waals surface area contributed by atoms with E-state index >= 15 is 0 Å². The van der Waals surface area contributed by atoms with Crippen LogP contribution in [0, 0.1) is 5.82 Å². The number of amides is 3. The molecule has 1 aliphatic rings. The van der Waals surface area contributed by atoms with Crippen LogP contribution in [0.2, 0.25) is 0 Å². The van der Waals surface area contributed by atoms with Crippen LogP contribution in [0.3, 0.4) is 0 Å². The average Bonchev–Trinajstić information content (AvgIpc) is 3.38. The Kier molecular flexibility index (Phi) is 7.27. The third-order valence-electron chi connectivity index (χ3n) is 5.64. The van der Waals surface area contributed by atoms with E-state index in [2.05, 4.69) is 20.9 Å². The quantitative estimate of drug-likeness (QED) is 0.461. The predicted octanol–water partition coefficient (Wildman–Crippen LogP) is 5.01. The molecule has 3 N–H and O–H groups in total. The van der Waals surface area contributed by atoms with Crippen LogP contribution in [0.5, 0.6) is 5.75 Å². The summed E-state index contributed by atoms with van der Waals surface area (Å²) < 4.78 is 18.3. The maximum atomic E-state index is 13.2. The highest BCUT2D eigenvalue weighted by molar-refractivity contribution is 6.04. The van der Waals surface area contributed by atoms with E-state index in [0.717, 1.165) is 37.2 Å². The number of methoxy groups -OCH3 is 1. The second kappa shape index (κ2) is 10.7. The number of urea groups is 1. The van der Waals surface area contributed by atoms with Crippen LogP contribution in [0.25, 0.3) is 0 Å². The molecule has 4 rings (SSSR count). The highest BCUT2D eigenvalue weighted by Crippen LogP contribution is 2.28. The Morgan fingerprint density at radius 3 is 2.35 bits per heavy atom. The third kappa shape index (κ3) is 5.83. The zero-order valence-corrected chi connectivity index (χ0v) is 18.9. The molecule has 0 atom stereocenters. The molecule has 0 bridgehead atoms. The summed E-state index contributed by atoms with van der Waals surface area (Å²) in [4.78, 5) is 27.8. The Hall–Kier alpha value is -4.07. The van der Waals surface area contributed by atoms with Crippen LogP contribution in [-0.4, -0.2) is 32.1 Å². The number of ether oxygens (including phenoxy) is 1. The Morgan fingerprint density at radius 1 is 0.941 bits per heavy atom. The molecule has 0 unspecified atom stereocenters. The summed E-state index contributed by atoms with van der Waals surface area (Å²) in [6.45, 7) is 2.02. The highest BCUT2D eigenvalue weighted by atomic mass is 19.1. The number of carbonyl (C=O) groups excluding carboxylic acids is 2. The van der Waals surface area contributed by atoms with Crippen LogP contribution in [0.1, 0.15) is 28.8 Å². The van der Waals surface area contributed by atoms with Crippen LogP contribution >= 0.6 is 0 Å². The summed E-state index contributed by atoms with van der Waals surface area (Å²) >= 11 is 0. The molecule has 3 amide bonds. The van der Waals surface area contributed by atoms with Gasteiger partial charge in [0.15, 0.2) is 0 Å². The molecular weight excluding hydrogens is 435 g/mol. The van der Waals surface area contributed by atoms with E-state index in [0.29, 0.717) is 22.7 Å². The number of nitrogens with one attached hydrogen (secondary N) is 3. The topological polar surface area (TPSA) is 82.7 Å². The van der Waals surface area contributed by atoms with Crippen LogP contribution in [0.15, 0.2) is 66.7 Å². The van der Waals surface area contributed by atoms with Gasteiger partial charge in [-0.25, -0.2) is 9.18 Å². The van der Waals surface area contributed by atoms with Crippen molar-refractivity contribution >= 4 is 29.0 Å². The van der Waals surface area contributed by atoms with E-state index in [1.54, 1.807) is 55.6 Å². The average molecular weight is 463 g/mol. The summed E-state index contributed by atoms with van der Waals surface area (Å²) in [6, 6.07) is 17.9. The number of hydrogen-bond acceptors (Lipinski definition) is 4. The molecule has 0 aliphatic carbocycles. The van der Waals surface area contributed by atoms with Crippen LogP contribution < -0.4 is 25.6 Å². The molecule has 176 valence electrons. The summed E-state index contributed by atoms with van der Waals surface area (Å²) in [5.74, 6) is 0.0494. The van der Waals surface area contributed by atoms with Gasteiger partial charge in [-0.2, -0.15) is 0 Å². The van der Waals surface area contributed by atoms with Gasteiger partial charge in [-0.05, 0) is 60.9 Å². The van der Waals surface area contributed by atoms with Crippen LogP contribution in [0.4, 0.5) is 26.2 Å². The fraction of sp³-hybridized carbons (Fsp3) is 0.231. The predicted molar refractivity (Wildman–Crippen MR) is 131 cm³/mol. The van der Waals surface area contributed by atoms with Crippen molar-refractivity contribution in [3.8, 4) is 5.75 Å². The lowest BCUT2D eigenvalue weighted by Crippen LogP contribution is -2.27. The van der Waals surface area contributed by atoms with Crippen molar-refractivity contribution < 1.29 is 18.7 Å². The first-order valence-electron chi connectivity index (χ1n) is 11.2. The molecule has 1 fully saturated rings. The number of benzene rings is 3. The zero-order valence-electron chi connectivity index (χ0n) is 18.9. The van der Waals surface area contributed by atoms with Crippen molar-refractivity contribution in [3.63, 3.8) is 0 Å². The van der Waals surface area contributed by atoms with Gasteiger partial charge in [0, 0.05) is 42.8 Å². The Balaban J connectivity index is 1.49. The monoisotopic (exact) mass is 462 g/mol. The molecule has 0 aromatic heterocycles. The number of halogens is 1. The molecule has 8 heteroatoms. The number of nitrogens with zero attached hydrogens (tertiary/aromatic N) is 1. The first-order valence-corrected chi connectivity index (χ1v) is 11.2. The minimum Gasteiger partial charge on any atom is -0.497 e. The highest BCUT2D eigenvalue weighted by Gasteiger charge is 2.20. The third-order valence-corrected chi connectivity index (χ3v) is 5.64. The lowest BCUT2D eigenvalue weighted by molar-refractivity contribution is 0.0951.